The quantitative estimate of drug-likeness (QED) is 0.609. The van der Waals surface area contributed by atoms with Crippen molar-refractivity contribution >= 4 is 34.2 Å². The van der Waals surface area contributed by atoms with Crippen molar-refractivity contribution in [3.8, 4) is 23.1 Å². The smallest absolute Gasteiger partial charge is 0.136 e. The van der Waals surface area contributed by atoms with Gasteiger partial charge in [0.25, 0.3) is 0 Å². The number of benzene rings is 2. The van der Waals surface area contributed by atoms with Gasteiger partial charge in [0.05, 0.1) is 12.8 Å². The summed E-state index contributed by atoms with van der Waals surface area (Å²) < 4.78 is 5.19. The van der Waals surface area contributed by atoms with Crippen molar-refractivity contribution in [3.63, 3.8) is 0 Å². The maximum absolute atomic E-state index is 9.44. The molecule has 1 aromatic heterocycles. The Balaban J connectivity index is 1.81. The number of nitrogens with zero attached hydrogens (tertiary/aromatic N) is 2. The molecule has 1 N–H and O–H groups in total. The van der Waals surface area contributed by atoms with Crippen molar-refractivity contribution < 1.29 is 4.74 Å². The molecule has 0 amide bonds. The van der Waals surface area contributed by atoms with Gasteiger partial charge in [-0.05, 0) is 24.3 Å². The molecule has 3 aromatic rings. The molecule has 124 valence electrons. The molecule has 2 aromatic carbocycles. The first-order valence-corrected chi connectivity index (χ1v) is 8.68. The van der Waals surface area contributed by atoms with Crippen molar-refractivity contribution in [3.05, 3.63) is 70.1 Å². The molecule has 0 aliphatic heterocycles. The number of nitrogens with one attached hydrogen (secondary N) is 1. The second kappa shape index (κ2) is 7.84. The van der Waals surface area contributed by atoms with Crippen LogP contribution in [0.4, 0.5) is 5.69 Å². The lowest BCUT2D eigenvalue weighted by atomic mass is 10.2. The molecule has 0 atom stereocenters. The Morgan fingerprint density at radius 2 is 2.08 bits per heavy atom. The Bertz CT molecular complexity index is 942. The summed E-state index contributed by atoms with van der Waals surface area (Å²) in [5.74, 6) is 0.746. The molecule has 25 heavy (non-hydrogen) atoms. The highest BCUT2D eigenvalue weighted by Crippen LogP contribution is 2.27. The lowest BCUT2D eigenvalue weighted by Crippen LogP contribution is -1.92. The number of hydrogen-bond donors (Lipinski definition) is 1. The fourth-order valence-corrected chi connectivity index (χ4v) is 3.08. The van der Waals surface area contributed by atoms with Crippen molar-refractivity contribution in [1.29, 1.82) is 5.26 Å². The first kappa shape index (κ1) is 17.0. The van der Waals surface area contributed by atoms with Crippen molar-refractivity contribution in [2.24, 2.45) is 0 Å². The Morgan fingerprint density at radius 3 is 2.80 bits per heavy atom. The second-order valence-electron chi connectivity index (χ2n) is 5.09. The zero-order valence-electron chi connectivity index (χ0n) is 13.4. The number of ether oxygens (including phenoxy) is 1. The molecule has 0 radical (unpaired) electrons. The van der Waals surface area contributed by atoms with E-state index < -0.39 is 0 Å². The number of nitriles is 1. The lowest BCUT2D eigenvalue weighted by molar-refractivity contribution is 0.415. The van der Waals surface area contributed by atoms with E-state index in [0.29, 0.717) is 15.6 Å². The molecule has 4 nitrogen and oxygen atoms in total. The van der Waals surface area contributed by atoms with E-state index in [1.54, 1.807) is 13.3 Å². The fraction of sp³-hybridized carbons (Fsp3) is 0.0526. The van der Waals surface area contributed by atoms with Crippen LogP contribution >= 0.6 is 22.9 Å². The van der Waals surface area contributed by atoms with Crippen LogP contribution in [-0.4, -0.2) is 12.1 Å². The minimum absolute atomic E-state index is 0.466. The van der Waals surface area contributed by atoms with Crippen LogP contribution in [0.1, 0.15) is 5.01 Å². The van der Waals surface area contributed by atoms with E-state index in [-0.39, 0.29) is 0 Å². The predicted molar refractivity (Wildman–Crippen MR) is 103 cm³/mol. The number of thiazole rings is 1. The molecule has 0 fully saturated rings. The van der Waals surface area contributed by atoms with Crippen molar-refractivity contribution in [2.45, 2.75) is 0 Å². The number of hydrogen-bond acceptors (Lipinski definition) is 5. The second-order valence-corrected chi connectivity index (χ2v) is 6.39. The standard InChI is InChI=1S/C19H14ClN3OS/c1-24-17-4-2-3-16(9-17)22-11-14(10-21)19-23-18(12-25-19)13-5-7-15(20)8-6-13/h2-9,11-12,22H,1H3/b14-11+. The third-order valence-electron chi connectivity index (χ3n) is 3.45. The molecule has 1 heterocycles. The summed E-state index contributed by atoms with van der Waals surface area (Å²) in [6.07, 6.45) is 1.65. The number of aromatic nitrogens is 1. The molecule has 0 saturated carbocycles. The molecule has 0 spiro atoms. The van der Waals surface area contributed by atoms with Crippen LogP contribution in [0, 0.1) is 11.3 Å². The van der Waals surface area contributed by atoms with Gasteiger partial charge < -0.3 is 10.1 Å². The Kier molecular flexibility index (Phi) is 5.34. The van der Waals surface area contributed by atoms with Gasteiger partial charge in [-0.15, -0.1) is 11.3 Å². The topological polar surface area (TPSA) is 57.9 Å². The van der Waals surface area contributed by atoms with Gasteiger partial charge in [0.2, 0.25) is 0 Å². The van der Waals surface area contributed by atoms with Crippen LogP contribution < -0.4 is 10.1 Å². The lowest BCUT2D eigenvalue weighted by Gasteiger charge is -2.04. The highest BCUT2D eigenvalue weighted by molar-refractivity contribution is 7.11. The minimum Gasteiger partial charge on any atom is -0.497 e. The number of rotatable bonds is 5. The van der Waals surface area contributed by atoms with Gasteiger partial charge in [0.1, 0.15) is 22.4 Å². The Labute approximate surface area is 155 Å². The number of methoxy groups -OCH3 is 1. The van der Waals surface area contributed by atoms with E-state index in [1.807, 2.05) is 53.9 Å². The van der Waals surface area contributed by atoms with Gasteiger partial charge in [-0.2, -0.15) is 5.26 Å². The van der Waals surface area contributed by atoms with Gasteiger partial charge in [0.15, 0.2) is 0 Å². The zero-order chi connectivity index (χ0) is 17.6. The Hall–Kier alpha value is -2.81. The summed E-state index contributed by atoms with van der Waals surface area (Å²) in [6.45, 7) is 0. The first-order chi connectivity index (χ1) is 12.2. The predicted octanol–water partition coefficient (Wildman–Crippen LogP) is 5.45. The highest BCUT2D eigenvalue weighted by atomic mass is 35.5. The van der Waals surface area contributed by atoms with E-state index in [9.17, 15) is 5.26 Å². The van der Waals surface area contributed by atoms with Gasteiger partial charge >= 0.3 is 0 Å². The van der Waals surface area contributed by atoms with Gasteiger partial charge in [0, 0.05) is 33.9 Å². The fourth-order valence-electron chi connectivity index (χ4n) is 2.16. The average molecular weight is 368 g/mol. The molecule has 3 rings (SSSR count). The first-order valence-electron chi connectivity index (χ1n) is 7.42. The maximum Gasteiger partial charge on any atom is 0.136 e. The summed E-state index contributed by atoms with van der Waals surface area (Å²) in [4.78, 5) is 4.55. The third-order valence-corrected chi connectivity index (χ3v) is 4.58. The van der Waals surface area contributed by atoms with Crippen LogP contribution in [0.3, 0.4) is 0 Å². The van der Waals surface area contributed by atoms with Crippen molar-refractivity contribution in [2.75, 3.05) is 12.4 Å². The molecule has 0 aliphatic carbocycles. The SMILES string of the molecule is COc1cccc(N/C=C(\C#N)c2nc(-c3ccc(Cl)cc3)cs2)c1. The van der Waals surface area contributed by atoms with E-state index in [0.717, 1.165) is 22.7 Å². The van der Waals surface area contributed by atoms with Gasteiger partial charge in [-0.3, -0.25) is 0 Å². The van der Waals surface area contributed by atoms with Gasteiger partial charge in [-0.25, -0.2) is 4.98 Å². The molecule has 6 heteroatoms. The van der Waals surface area contributed by atoms with E-state index in [1.165, 1.54) is 11.3 Å². The summed E-state index contributed by atoms with van der Waals surface area (Å²) in [5.41, 5.74) is 3.08. The summed E-state index contributed by atoms with van der Waals surface area (Å²) in [7, 11) is 1.61. The highest BCUT2D eigenvalue weighted by Gasteiger charge is 2.09. The molecule has 0 unspecified atom stereocenters. The summed E-state index contributed by atoms with van der Waals surface area (Å²) in [5, 5.41) is 15.8. The summed E-state index contributed by atoms with van der Waals surface area (Å²) in [6, 6.07) is 17.1. The van der Waals surface area contributed by atoms with Gasteiger partial charge in [-0.1, -0.05) is 29.8 Å². The van der Waals surface area contributed by atoms with Crippen LogP contribution in [0.5, 0.6) is 5.75 Å². The zero-order valence-corrected chi connectivity index (χ0v) is 14.9. The van der Waals surface area contributed by atoms with E-state index in [4.69, 9.17) is 16.3 Å². The number of allylic oxidation sites excluding steroid dienone is 1. The monoisotopic (exact) mass is 367 g/mol. The molecular formula is C19H14ClN3OS. The van der Waals surface area contributed by atoms with Crippen LogP contribution in [0.2, 0.25) is 5.02 Å². The number of anilines is 1. The largest absolute Gasteiger partial charge is 0.497 e. The third kappa shape index (κ3) is 4.18. The number of halogens is 1. The van der Waals surface area contributed by atoms with Crippen molar-refractivity contribution in [1.82, 2.24) is 4.98 Å². The normalized spacial score (nSPS) is 11.0. The van der Waals surface area contributed by atoms with E-state index in [2.05, 4.69) is 16.4 Å². The molecule has 0 bridgehead atoms. The summed E-state index contributed by atoms with van der Waals surface area (Å²) >= 11 is 7.34. The van der Waals surface area contributed by atoms with Crippen LogP contribution in [0.15, 0.2) is 60.1 Å². The average Bonchev–Trinajstić information content (AvgIpc) is 3.13. The Morgan fingerprint density at radius 1 is 1.28 bits per heavy atom. The van der Waals surface area contributed by atoms with Crippen LogP contribution in [-0.2, 0) is 0 Å². The minimum atomic E-state index is 0.466. The maximum atomic E-state index is 9.44. The van der Waals surface area contributed by atoms with E-state index >= 15 is 0 Å². The molecular weight excluding hydrogens is 354 g/mol. The molecule has 0 saturated heterocycles. The molecule has 0 aliphatic rings. The van der Waals surface area contributed by atoms with Crippen LogP contribution in [0.25, 0.3) is 16.8 Å².